The summed E-state index contributed by atoms with van der Waals surface area (Å²) in [6, 6.07) is 2.27. The van der Waals surface area contributed by atoms with Crippen molar-refractivity contribution in [1.82, 2.24) is 0 Å². The van der Waals surface area contributed by atoms with Crippen LogP contribution in [0.5, 0.6) is 0 Å². The second kappa shape index (κ2) is 7.10. The molecule has 0 saturated heterocycles. The molecule has 0 heterocycles. The van der Waals surface area contributed by atoms with Gasteiger partial charge >= 0.3 is 5.97 Å². The maximum atomic E-state index is 13.4. The average Bonchev–Trinajstić information content (AvgIpc) is 2.32. The summed E-state index contributed by atoms with van der Waals surface area (Å²) < 4.78 is 13.4. The van der Waals surface area contributed by atoms with E-state index in [-0.39, 0.29) is 5.69 Å². The van der Waals surface area contributed by atoms with Gasteiger partial charge in [0.1, 0.15) is 5.82 Å². The van der Waals surface area contributed by atoms with Gasteiger partial charge < -0.3 is 16.2 Å². The Bertz CT molecular complexity index is 427. The number of halogens is 1. The molecular weight excluding hydrogens is 255 g/mol. The van der Waals surface area contributed by atoms with E-state index in [1.807, 2.05) is 6.26 Å². The Hall–Kier alpha value is -1.43. The molecule has 0 unspecified atom stereocenters. The van der Waals surface area contributed by atoms with Crippen molar-refractivity contribution in [3.8, 4) is 0 Å². The molecule has 1 aromatic carbocycles. The predicted molar refractivity (Wildman–Crippen MR) is 73.9 cm³/mol. The first kappa shape index (κ1) is 14.6. The number of rotatable bonds is 7. The number of hydrogen-bond acceptors (Lipinski definition) is 4. The van der Waals surface area contributed by atoms with Crippen LogP contribution in [0.3, 0.4) is 0 Å². The lowest BCUT2D eigenvalue weighted by atomic mass is 10.1. The van der Waals surface area contributed by atoms with Crippen molar-refractivity contribution in [2.45, 2.75) is 12.8 Å². The summed E-state index contributed by atoms with van der Waals surface area (Å²) in [5, 5.41) is 11.7. The van der Waals surface area contributed by atoms with Gasteiger partial charge in [0, 0.05) is 6.54 Å². The first-order valence-electron chi connectivity index (χ1n) is 5.61. The van der Waals surface area contributed by atoms with E-state index in [0.717, 1.165) is 30.7 Å². The third-order valence-electron chi connectivity index (χ3n) is 2.46. The minimum atomic E-state index is -1.31. The first-order valence-corrected chi connectivity index (χ1v) is 7.00. The number of carboxylic acid groups (broad SMARTS) is 1. The van der Waals surface area contributed by atoms with E-state index < -0.39 is 17.3 Å². The van der Waals surface area contributed by atoms with Crippen LogP contribution < -0.4 is 11.1 Å². The number of aromatic carboxylic acids is 1. The molecule has 0 amide bonds. The normalized spacial score (nSPS) is 10.3. The van der Waals surface area contributed by atoms with Gasteiger partial charge in [-0.25, -0.2) is 9.18 Å². The second-order valence-electron chi connectivity index (χ2n) is 3.85. The van der Waals surface area contributed by atoms with E-state index in [9.17, 15) is 9.18 Å². The van der Waals surface area contributed by atoms with Gasteiger partial charge in [0.05, 0.1) is 16.9 Å². The summed E-state index contributed by atoms with van der Waals surface area (Å²) >= 11 is 1.78. The van der Waals surface area contributed by atoms with Crippen LogP contribution in [0, 0.1) is 5.82 Å². The van der Waals surface area contributed by atoms with Crippen molar-refractivity contribution in [1.29, 1.82) is 0 Å². The Morgan fingerprint density at radius 2 is 2.22 bits per heavy atom. The van der Waals surface area contributed by atoms with Crippen molar-refractivity contribution in [2.24, 2.45) is 0 Å². The quantitative estimate of drug-likeness (QED) is 0.525. The van der Waals surface area contributed by atoms with E-state index in [2.05, 4.69) is 5.32 Å². The fraction of sp³-hybridized carbons (Fsp3) is 0.417. The lowest BCUT2D eigenvalue weighted by Crippen LogP contribution is -2.08. The van der Waals surface area contributed by atoms with Crippen LogP contribution in [0.1, 0.15) is 23.2 Å². The number of unbranched alkanes of at least 4 members (excludes halogenated alkanes) is 1. The molecule has 0 saturated carbocycles. The van der Waals surface area contributed by atoms with Gasteiger partial charge in [-0.05, 0) is 37.0 Å². The molecule has 0 fully saturated rings. The lowest BCUT2D eigenvalue weighted by molar-refractivity contribution is 0.0692. The Kier molecular flexibility index (Phi) is 5.77. The molecule has 0 atom stereocenters. The van der Waals surface area contributed by atoms with Crippen LogP contribution in [0.2, 0.25) is 0 Å². The minimum Gasteiger partial charge on any atom is -0.478 e. The Labute approximate surface area is 110 Å². The molecule has 1 aromatic rings. The molecule has 0 spiro atoms. The van der Waals surface area contributed by atoms with Crippen molar-refractivity contribution in [2.75, 3.05) is 29.6 Å². The largest absolute Gasteiger partial charge is 0.478 e. The Balaban J connectivity index is 2.62. The van der Waals surface area contributed by atoms with Gasteiger partial charge in [-0.1, -0.05) is 0 Å². The van der Waals surface area contributed by atoms with Gasteiger partial charge in [0.2, 0.25) is 0 Å². The van der Waals surface area contributed by atoms with E-state index in [1.165, 1.54) is 0 Å². The molecule has 1 rings (SSSR count). The predicted octanol–water partition coefficient (Wildman–Crippen LogP) is 2.66. The van der Waals surface area contributed by atoms with Crippen LogP contribution in [0.4, 0.5) is 15.8 Å². The number of anilines is 2. The van der Waals surface area contributed by atoms with Gasteiger partial charge in [0.25, 0.3) is 0 Å². The second-order valence-corrected chi connectivity index (χ2v) is 4.84. The molecule has 0 radical (unpaired) electrons. The number of nitrogens with two attached hydrogens (primary N) is 1. The summed E-state index contributed by atoms with van der Waals surface area (Å²) in [7, 11) is 0. The number of nitrogen functional groups attached to an aromatic ring is 1. The molecule has 4 N–H and O–H groups in total. The Morgan fingerprint density at radius 3 is 2.83 bits per heavy atom. The first-order chi connectivity index (χ1) is 8.56. The maximum Gasteiger partial charge on any atom is 0.338 e. The Morgan fingerprint density at radius 1 is 1.50 bits per heavy atom. The number of carbonyl (C=O) groups is 1. The molecular formula is C12H17FN2O2S. The third kappa shape index (κ3) is 4.10. The fourth-order valence-corrected chi connectivity index (χ4v) is 1.99. The van der Waals surface area contributed by atoms with Gasteiger partial charge in [-0.3, -0.25) is 0 Å². The number of benzene rings is 1. The molecule has 0 aliphatic carbocycles. The third-order valence-corrected chi connectivity index (χ3v) is 3.16. The van der Waals surface area contributed by atoms with Crippen LogP contribution in [-0.2, 0) is 0 Å². The molecule has 0 bridgehead atoms. The monoisotopic (exact) mass is 272 g/mol. The van der Waals surface area contributed by atoms with E-state index in [1.54, 1.807) is 11.8 Å². The average molecular weight is 272 g/mol. The number of thioether (sulfide) groups is 1. The molecule has 18 heavy (non-hydrogen) atoms. The lowest BCUT2D eigenvalue weighted by Gasteiger charge is -2.10. The standard InChI is InChI=1S/C12H17FN2O2S/c1-18-5-3-2-4-15-11-7-9(13)8(12(16)17)6-10(11)14/h6-7,15H,2-5,14H2,1H3,(H,16,17). The van der Waals surface area contributed by atoms with Crippen molar-refractivity contribution >= 4 is 29.1 Å². The van der Waals surface area contributed by atoms with Crippen LogP contribution >= 0.6 is 11.8 Å². The summed E-state index contributed by atoms with van der Waals surface area (Å²) in [6.45, 7) is 0.691. The fourth-order valence-electron chi connectivity index (χ4n) is 1.50. The number of hydrogen-bond donors (Lipinski definition) is 3. The van der Waals surface area contributed by atoms with Crippen LogP contribution in [-0.4, -0.2) is 29.6 Å². The summed E-state index contributed by atoms with van der Waals surface area (Å²) in [5.74, 6) is -1.00. The highest BCUT2D eigenvalue weighted by atomic mass is 32.2. The van der Waals surface area contributed by atoms with Crippen LogP contribution in [0.15, 0.2) is 12.1 Å². The van der Waals surface area contributed by atoms with Crippen LogP contribution in [0.25, 0.3) is 0 Å². The smallest absolute Gasteiger partial charge is 0.338 e. The zero-order chi connectivity index (χ0) is 13.5. The number of nitrogens with one attached hydrogen (secondary N) is 1. The maximum absolute atomic E-state index is 13.4. The molecule has 100 valence electrons. The van der Waals surface area contributed by atoms with Gasteiger partial charge in [-0.2, -0.15) is 11.8 Å². The van der Waals surface area contributed by atoms with Gasteiger partial charge in [-0.15, -0.1) is 0 Å². The van der Waals surface area contributed by atoms with E-state index in [4.69, 9.17) is 10.8 Å². The number of carboxylic acids is 1. The zero-order valence-corrected chi connectivity index (χ0v) is 11.0. The highest BCUT2D eigenvalue weighted by Gasteiger charge is 2.13. The molecule has 6 heteroatoms. The zero-order valence-electron chi connectivity index (χ0n) is 10.2. The van der Waals surface area contributed by atoms with Crippen molar-refractivity contribution in [3.05, 3.63) is 23.5 Å². The van der Waals surface area contributed by atoms with Crippen molar-refractivity contribution < 1.29 is 14.3 Å². The summed E-state index contributed by atoms with van der Waals surface area (Å²) in [6.07, 6.45) is 4.08. The highest BCUT2D eigenvalue weighted by Crippen LogP contribution is 2.23. The van der Waals surface area contributed by atoms with E-state index >= 15 is 0 Å². The minimum absolute atomic E-state index is 0.249. The molecule has 0 aliphatic rings. The van der Waals surface area contributed by atoms with E-state index in [0.29, 0.717) is 12.2 Å². The topological polar surface area (TPSA) is 75.3 Å². The highest BCUT2D eigenvalue weighted by molar-refractivity contribution is 7.98. The van der Waals surface area contributed by atoms with Crippen molar-refractivity contribution in [3.63, 3.8) is 0 Å². The molecule has 0 aliphatic heterocycles. The SMILES string of the molecule is CSCCCCNc1cc(F)c(C(=O)O)cc1N. The van der Waals surface area contributed by atoms with Gasteiger partial charge in [0.15, 0.2) is 0 Å². The molecule has 0 aromatic heterocycles. The molecule has 4 nitrogen and oxygen atoms in total. The summed E-state index contributed by atoms with van der Waals surface area (Å²) in [5.41, 5.74) is 5.96. The summed E-state index contributed by atoms with van der Waals surface area (Å²) in [4.78, 5) is 10.7.